The molecule has 2 aliphatic heterocycles. The molecule has 3 heterocycles. The van der Waals surface area contributed by atoms with Gasteiger partial charge in [0.25, 0.3) is 0 Å². The second kappa shape index (κ2) is 4.98. The number of benzene rings is 1. The lowest BCUT2D eigenvalue weighted by atomic mass is 9.93. The summed E-state index contributed by atoms with van der Waals surface area (Å²) in [6, 6.07) is 6.24. The molecule has 0 bridgehead atoms. The van der Waals surface area contributed by atoms with Gasteiger partial charge in [-0.15, -0.1) is 0 Å². The Morgan fingerprint density at radius 2 is 2.36 bits per heavy atom. The number of nitrogens with one attached hydrogen (secondary N) is 2. The van der Waals surface area contributed by atoms with Crippen molar-refractivity contribution < 1.29 is 9.53 Å². The van der Waals surface area contributed by atoms with Crippen molar-refractivity contribution >= 4 is 17.1 Å². The highest BCUT2D eigenvalue weighted by atomic mass is 16.6. The number of carbonyl (C=O) groups is 1. The van der Waals surface area contributed by atoms with Gasteiger partial charge in [0.2, 0.25) is 0 Å². The van der Waals surface area contributed by atoms with E-state index in [1.54, 1.807) is 0 Å². The van der Waals surface area contributed by atoms with Gasteiger partial charge in [-0.2, -0.15) is 0 Å². The van der Waals surface area contributed by atoms with Crippen molar-refractivity contribution in [3.05, 3.63) is 29.6 Å². The quantitative estimate of drug-likeness (QED) is 0.889. The number of ether oxygens (including phenoxy) is 1. The Bertz CT molecular complexity index is 726. The van der Waals surface area contributed by atoms with Crippen molar-refractivity contribution in [3.8, 4) is 0 Å². The molecular formula is C16H20N4O2. The molecule has 22 heavy (non-hydrogen) atoms. The van der Waals surface area contributed by atoms with Crippen molar-refractivity contribution in [2.24, 2.45) is 0 Å². The van der Waals surface area contributed by atoms with Crippen LogP contribution in [0.4, 0.5) is 4.79 Å². The van der Waals surface area contributed by atoms with E-state index >= 15 is 0 Å². The first-order valence-electron chi connectivity index (χ1n) is 7.76. The molecule has 2 aromatic rings. The highest BCUT2D eigenvalue weighted by molar-refractivity contribution is 5.75. The van der Waals surface area contributed by atoms with E-state index in [4.69, 9.17) is 4.74 Å². The summed E-state index contributed by atoms with van der Waals surface area (Å²) in [6.07, 6.45) is 1.68. The number of piperidine rings is 1. The summed E-state index contributed by atoms with van der Waals surface area (Å²) in [5.41, 5.74) is 2.96. The van der Waals surface area contributed by atoms with Crippen LogP contribution in [0.5, 0.6) is 0 Å². The summed E-state index contributed by atoms with van der Waals surface area (Å²) in [5.74, 6) is 0.968. The average molecular weight is 300 g/mol. The van der Waals surface area contributed by atoms with E-state index in [0.717, 1.165) is 49.3 Å². The number of amides is 1. The Morgan fingerprint density at radius 1 is 1.45 bits per heavy atom. The van der Waals surface area contributed by atoms with E-state index in [-0.39, 0.29) is 11.7 Å². The van der Waals surface area contributed by atoms with Gasteiger partial charge in [-0.25, -0.2) is 9.78 Å². The number of H-pyrrole nitrogens is 1. The highest BCUT2D eigenvalue weighted by Crippen LogP contribution is 2.28. The van der Waals surface area contributed by atoms with Gasteiger partial charge < -0.3 is 15.0 Å². The fourth-order valence-corrected chi connectivity index (χ4v) is 3.52. The molecule has 1 aromatic carbocycles. The predicted octanol–water partition coefficient (Wildman–Crippen LogP) is 1.95. The maximum Gasteiger partial charge on any atom is 0.407 e. The lowest BCUT2D eigenvalue weighted by Gasteiger charge is -2.37. The van der Waals surface area contributed by atoms with E-state index in [0.29, 0.717) is 6.54 Å². The van der Waals surface area contributed by atoms with E-state index in [2.05, 4.69) is 39.2 Å². The molecule has 2 N–H and O–H groups in total. The van der Waals surface area contributed by atoms with Crippen molar-refractivity contribution in [2.75, 3.05) is 19.6 Å². The summed E-state index contributed by atoms with van der Waals surface area (Å²) in [4.78, 5) is 21.7. The summed E-state index contributed by atoms with van der Waals surface area (Å²) in [5, 5.41) is 2.78. The molecule has 0 radical (unpaired) electrons. The predicted molar refractivity (Wildman–Crippen MR) is 82.6 cm³/mol. The monoisotopic (exact) mass is 300 g/mol. The molecule has 0 aliphatic carbocycles. The summed E-state index contributed by atoms with van der Waals surface area (Å²) < 4.78 is 5.51. The number of nitrogens with zero attached hydrogens (tertiary/aromatic N) is 2. The van der Waals surface area contributed by atoms with Crippen LogP contribution in [0.2, 0.25) is 0 Å². The molecule has 2 fully saturated rings. The van der Waals surface area contributed by atoms with Crippen molar-refractivity contribution in [1.82, 2.24) is 20.2 Å². The van der Waals surface area contributed by atoms with Crippen molar-refractivity contribution in [3.63, 3.8) is 0 Å². The van der Waals surface area contributed by atoms with Crippen LogP contribution in [-0.4, -0.2) is 46.2 Å². The smallest absolute Gasteiger partial charge is 0.407 e. The Labute approximate surface area is 128 Å². The minimum atomic E-state index is -0.349. The molecule has 1 amide bonds. The zero-order valence-corrected chi connectivity index (χ0v) is 12.7. The largest absolute Gasteiger partial charge is 0.440 e. The molecule has 6 heteroatoms. The fraction of sp³-hybridized carbons (Fsp3) is 0.500. The number of fused-ring (bicyclic) bond motifs is 1. The van der Waals surface area contributed by atoms with Crippen molar-refractivity contribution in [2.45, 2.75) is 31.9 Å². The summed E-state index contributed by atoms with van der Waals surface area (Å²) >= 11 is 0. The lowest BCUT2D eigenvalue weighted by Crippen LogP contribution is -2.50. The Hall–Kier alpha value is -2.08. The first kappa shape index (κ1) is 13.6. The van der Waals surface area contributed by atoms with Gasteiger partial charge in [-0.05, 0) is 44.0 Å². The SMILES string of the molecule is Cc1ccc2nc(CN3CCC[C@]4(CNC(=O)O4)C3)[nH]c2c1. The number of alkyl carbamates (subject to hydrolysis) is 1. The van der Waals surface area contributed by atoms with Gasteiger partial charge in [0.15, 0.2) is 0 Å². The number of aryl methyl sites for hydroxylation is 1. The topological polar surface area (TPSA) is 70.2 Å². The number of aromatic amines is 1. The summed E-state index contributed by atoms with van der Waals surface area (Å²) in [6.45, 7) is 5.22. The summed E-state index contributed by atoms with van der Waals surface area (Å²) in [7, 11) is 0. The number of carbonyl (C=O) groups excluding carboxylic acids is 1. The zero-order valence-electron chi connectivity index (χ0n) is 12.7. The van der Waals surface area contributed by atoms with Crippen LogP contribution in [0.1, 0.15) is 24.2 Å². The number of likely N-dealkylation sites (tertiary alicyclic amines) is 1. The molecule has 4 rings (SSSR count). The van der Waals surface area contributed by atoms with Gasteiger partial charge in [0.05, 0.1) is 24.1 Å². The average Bonchev–Trinajstić information content (AvgIpc) is 3.02. The van der Waals surface area contributed by atoms with Crippen LogP contribution in [0.25, 0.3) is 11.0 Å². The second-order valence-electron chi connectivity index (χ2n) is 6.44. The van der Waals surface area contributed by atoms with Gasteiger partial charge in [0.1, 0.15) is 11.4 Å². The van der Waals surface area contributed by atoms with E-state index < -0.39 is 0 Å². The number of hydrogen-bond donors (Lipinski definition) is 2. The minimum absolute atomic E-state index is 0.291. The fourth-order valence-electron chi connectivity index (χ4n) is 3.52. The Morgan fingerprint density at radius 3 is 3.18 bits per heavy atom. The molecule has 2 aliphatic rings. The highest BCUT2D eigenvalue weighted by Gasteiger charge is 2.43. The third kappa shape index (κ3) is 2.43. The van der Waals surface area contributed by atoms with Gasteiger partial charge >= 0.3 is 6.09 Å². The maximum atomic E-state index is 11.4. The molecule has 1 atom stereocenters. The Balaban J connectivity index is 1.51. The van der Waals surface area contributed by atoms with Crippen LogP contribution in [0, 0.1) is 6.92 Å². The standard InChI is InChI=1S/C16H20N4O2/c1-11-3-4-12-13(7-11)19-14(18-12)8-20-6-2-5-16(10-20)9-17-15(21)22-16/h3-4,7H,2,5-6,8-10H2,1H3,(H,17,21)(H,18,19)/t16-/m0/s1. The third-order valence-electron chi connectivity index (χ3n) is 4.54. The van der Waals surface area contributed by atoms with E-state index in [9.17, 15) is 4.79 Å². The second-order valence-corrected chi connectivity index (χ2v) is 6.44. The number of aromatic nitrogens is 2. The van der Waals surface area contributed by atoms with Gasteiger partial charge in [0, 0.05) is 6.54 Å². The normalized spacial score (nSPS) is 25.6. The van der Waals surface area contributed by atoms with Crippen LogP contribution in [0.3, 0.4) is 0 Å². The van der Waals surface area contributed by atoms with Crippen LogP contribution >= 0.6 is 0 Å². The van der Waals surface area contributed by atoms with Crippen molar-refractivity contribution in [1.29, 1.82) is 0 Å². The number of imidazole rings is 1. The first-order valence-corrected chi connectivity index (χ1v) is 7.76. The van der Waals surface area contributed by atoms with E-state index in [1.165, 1.54) is 5.56 Å². The molecular weight excluding hydrogens is 280 g/mol. The number of rotatable bonds is 2. The lowest BCUT2D eigenvalue weighted by molar-refractivity contribution is -0.0117. The molecule has 0 saturated carbocycles. The Kier molecular flexibility index (Phi) is 3.07. The zero-order chi connectivity index (χ0) is 15.2. The minimum Gasteiger partial charge on any atom is -0.440 e. The van der Waals surface area contributed by atoms with E-state index in [1.807, 2.05) is 6.07 Å². The molecule has 1 aromatic heterocycles. The van der Waals surface area contributed by atoms with Crippen LogP contribution in [0.15, 0.2) is 18.2 Å². The number of hydrogen-bond acceptors (Lipinski definition) is 4. The van der Waals surface area contributed by atoms with Gasteiger partial charge in [-0.3, -0.25) is 4.90 Å². The van der Waals surface area contributed by atoms with Crippen LogP contribution in [-0.2, 0) is 11.3 Å². The molecule has 2 saturated heterocycles. The van der Waals surface area contributed by atoms with Gasteiger partial charge in [-0.1, -0.05) is 6.07 Å². The molecule has 6 nitrogen and oxygen atoms in total. The molecule has 116 valence electrons. The van der Waals surface area contributed by atoms with Crippen LogP contribution < -0.4 is 5.32 Å². The maximum absolute atomic E-state index is 11.4. The molecule has 0 unspecified atom stereocenters. The third-order valence-corrected chi connectivity index (χ3v) is 4.54. The molecule has 1 spiro atoms. The first-order chi connectivity index (χ1) is 10.6.